The molecule has 2 heteroatoms. The molecule has 0 atom stereocenters. The minimum absolute atomic E-state index is 0.144. The van der Waals surface area contributed by atoms with Gasteiger partial charge in [-0.2, -0.15) is 0 Å². The molecule has 0 saturated carbocycles. The van der Waals surface area contributed by atoms with Crippen molar-refractivity contribution in [3.8, 4) is 11.1 Å². The van der Waals surface area contributed by atoms with Crippen molar-refractivity contribution in [1.82, 2.24) is 5.32 Å². The van der Waals surface area contributed by atoms with Gasteiger partial charge in [0.25, 0.3) is 0 Å². The second kappa shape index (κ2) is 7.20. The van der Waals surface area contributed by atoms with E-state index in [1.165, 1.54) is 5.56 Å². The van der Waals surface area contributed by atoms with Crippen LogP contribution in [0.5, 0.6) is 0 Å². The van der Waals surface area contributed by atoms with Gasteiger partial charge in [0.2, 0.25) is 0 Å². The van der Waals surface area contributed by atoms with Crippen LogP contribution < -0.4 is 5.32 Å². The summed E-state index contributed by atoms with van der Waals surface area (Å²) in [6, 6.07) is 13.6. The van der Waals surface area contributed by atoms with Crippen LogP contribution >= 0.6 is 0 Å². The molecule has 0 aliphatic carbocycles. The van der Waals surface area contributed by atoms with E-state index in [2.05, 4.69) is 31.3 Å². The second-order valence-corrected chi connectivity index (χ2v) is 5.04. The first-order valence-electron chi connectivity index (χ1n) is 7.33. The largest absolute Gasteiger partial charge is 0.313 e. The minimum atomic E-state index is -0.144. The van der Waals surface area contributed by atoms with E-state index in [1.54, 1.807) is 6.07 Å². The standard InChI is InChI=1S/C18H22FN/c1-3-10-20-13-15-8-9-17(18(19)12-15)16-7-5-6-14(4-2)11-16/h5-9,11-12,20H,3-4,10,13H2,1-2H3. The Bertz CT molecular complexity index is 563. The summed E-state index contributed by atoms with van der Waals surface area (Å²) >= 11 is 0. The number of halogens is 1. The molecular weight excluding hydrogens is 249 g/mol. The molecule has 0 aliphatic rings. The maximum absolute atomic E-state index is 14.3. The third-order valence-corrected chi connectivity index (χ3v) is 3.44. The van der Waals surface area contributed by atoms with E-state index >= 15 is 0 Å². The Morgan fingerprint density at radius 3 is 2.55 bits per heavy atom. The Morgan fingerprint density at radius 2 is 1.85 bits per heavy atom. The maximum Gasteiger partial charge on any atom is 0.131 e. The van der Waals surface area contributed by atoms with Crippen molar-refractivity contribution in [2.75, 3.05) is 6.54 Å². The van der Waals surface area contributed by atoms with Crippen LogP contribution in [0.3, 0.4) is 0 Å². The van der Waals surface area contributed by atoms with Gasteiger partial charge in [-0.3, -0.25) is 0 Å². The zero-order chi connectivity index (χ0) is 14.4. The zero-order valence-electron chi connectivity index (χ0n) is 12.2. The number of hydrogen-bond donors (Lipinski definition) is 1. The van der Waals surface area contributed by atoms with E-state index in [1.807, 2.05) is 24.3 Å². The minimum Gasteiger partial charge on any atom is -0.313 e. The summed E-state index contributed by atoms with van der Waals surface area (Å²) in [7, 11) is 0. The van der Waals surface area contributed by atoms with Crippen LogP contribution in [0.4, 0.5) is 4.39 Å². The molecule has 0 fully saturated rings. The van der Waals surface area contributed by atoms with Crippen molar-refractivity contribution in [1.29, 1.82) is 0 Å². The van der Waals surface area contributed by atoms with Gasteiger partial charge in [-0.15, -0.1) is 0 Å². The Kier molecular flexibility index (Phi) is 5.31. The first kappa shape index (κ1) is 14.7. The van der Waals surface area contributed by atoms with Gasteiger partial charge in [-0.25, -0.2) is 4.39 Å². The molecule has 1 nitrogen and oxygen atoms in total. The van der Waals surface area contributed by atoms with Crippen LogP contribution in [-0.2, 0) is 13.0 Å². The van der Waals surface area contributed by atoms with E-state index in [0.717, 1.165) is 37.1 Å². The van der Waals surface area contributed by atoms with E-state index in [9.17, 15) is 4.39 Å². The third-order valence-electron chi connectivity index (χ3n) is 3.44. The van der Waals surface area contributed by atoms with Gasteiger partial charge in [0, 0.05) is 12.1 Å². The van der Waals surface area contributed by atoms with E-state index in [-0.39, 0.29) is 5.82 Å². The molecule has 2 rings (SSSR count). The molecule has 0 amide bonds. The van der Waals surface area contributed by atoms with Crippen LogP contribution in [0.15, 0.2) is 42.5 Å². The Morgan fingerprint density at radius 1 is 1.00 bits per heavy atom. The Labute approximate surface area is 120 Å². The maximum atomic E-state index is 14.3. The first-order chi connectivity index (χ1) is 9.74. The van der Waals surface area contributed by atoms with Crippen molar-refractivity contribution in [3.05, 3.63) is 59.4 Å². The smallest absolute Gasteiger partial charge is 0.131 e. The zero-order valence-corrected chi connectivity index (χ0v) is 12.2. The molecule has 2 aromatic carbocycles. The normalized spacial score (nSPS) is 10.8. The van der Waals surface area contributed by atoms with Crippen LogP contribution in [0.25, 0.3) is 11.1 Å². The molecule has 20 heavy (non-hydrogen) atoms. The fourth-order valence-corrected chi connectivity index (χ4v) is 2.27. The highest BCUT2D eigenvalue weighted by atomic mass is 19.1. The molecule has 0 radical (unpaired) electrons. The lowest BCUT2D eigenvalue weighted by Crippen LogP contribution is -2.13. The highest BCUT2D eigenvalue weighted by Gasteiger charge is 2.06. The molecule has 0 bridgehead atoms. The van der Waals surface area contributed by atoms with Crippen molar-refractivity contribution in [2.24, 2.45) is 0 Å². The predicted molar refractivity (Wildman–Crippen MR) is 83.2 cm³/mol. The lowest BCUT2D eigenvalue weighted by molar-refractivity contribution is 0.622. The lowest BCUT2D eigenvalue weighted by Gasteiger charge is -2.08. The number of benzene rings is 2. The number of nitrogens with one attached hydrogen (secondary N) is 1. The van der Waals surface area contributed by atoms with E-state index in [0.29, 0.717) is 5.56 Å². The van der Waals surface area contributed by atoms with Crippen molar-refractivity contribution in [3.63, 3.8) is 0 Å². The van der Waals surface area contributed by atoms with Gasteiger partial charge in [0.1, 0.15) is 5.82 Å². The van der Waals surface area contributed by atoms with Gasteiger partial charge in [-0.05, 0) is 42.1 Å². The van der Waals surface area contributed by atoms with Gasteiger partial charge >= 0.3 is 0 Å². The molecular formula is C18H22FN. The Hall–Kier alpha value is -1.67. The third kappa shape index (κ3) is 3.67. The second-order valence-electron chi connectivity index (χ2n) is 5.04. The van der Waals surface area contributed by atoms with Gasteiger partial charge in [0.05, 0.1) is 0 Å². The summed E-state index contributed by atoms with van der Waals surface area (Å²) in [5.41, 5.74) is 3.86. The van der Waals surface area contributed by atoms with E-state index < -0.39 is 0 Å². The molecule has 0 aromatic heterocycles. The molecule has 1 N–H and O–H groups in total. The molecule has 2 aromatic rings. The summed E-state index contributed by atoms with van der Waals surface area (Å²) in [4.78, 5) is 0. The number of rotatable bonds is 6. The van der Waals surface area contributed by atoms with E-state index in [4.69, 9.17) is 0 Å². The SMILES string of the molecule is CCCNCc1ccc(-c2cccc(CC)c2)c(F)c1. The monoisotopic (exact) mass is 271 g/mol. The van der Waals surface area contributed by atoms with Crippen LogP contribution in [0.2, 0.25) is 0 Å². The molecule has 0 unspecified atom stereocenters. The van der Waals surface area contributed by atoms with Crippen molar-refractivity contribution < 1.29 is 4.39 Å². The molecule has 0 spiro atoms. The summed E-state index contributed by atoms with van der Waals surface area (Å²) in [6.45, 7) is 5.91. The lowest BCUT2D eigenvalue weighted by atomic mass is 10.0. The van der Waals surface area contributed by atoms with Crippen LogP contribution in [0, 0.1) is 5.82 Å². The van der Waals surface area contributed by atoms with Gasteiger partial charge in [-0.1, -0.05) is 50.2 Å². The van der Waals surface area contributed by atoms with Crippen LogP contribution in [0.1, 0.15) is 31.4 Å². The molecule has 0 saturated heterocycles. The van der Waals surface area contributed by atoms with Crippen LogP contribution in [-0.4, -0.2) is 6.54 Å². The highest BCUT2D eigenvalue weighted by molar-refractivity contribution is 5.65. The molecule has 0 aliphatic heterocycles. The number of aryl methyl sites for hydroxylation is 1. The first-order valence-corrected chi connectivity index (χ1v) is 7.33. The molecule has 0 heterocycles. The van der Waals surface area contributed by atoms with Gasteiger partial charge < -0.3 is 5.32 Å². The van der Waals surface area contributed by atoms with Gasteiger partial charge in [0.15, 0.2) is 0 Å². The number of hydrogen-bond acceptors (Lipinski definition) is 1. The average molecular weight is 271 g/mol. The topological polar surface area (TPSA) is 12.0 Å². The summed E-state index contributed by atoms with van der Waals surface area (Å²) < 4.78 is 14.3. The van der Waals surface area contributed by atoms with Crippen molar-refractivity contribution in [2.45, 2.75) is 33.2 Å². The fraction of sp³-hybridized carbons (Fsp3) is 0.333. The summed E-state index contributed by atoms with van der Waals surface area (Å²) in [6.07, 6.45) is 2.05. The average Bonchev–Trinajstić information content (AvgIpc) is 2.48. The fourth-order valence-electron chi connectivity index (χ4n) is 2.27. The highest BCUT2D eigenvalue weighted by Crippen LogP contribution is 2.24. The quantitative estimate of drug-likeness (QED) is 0.760. The predicted octanol–water partition coefficient (Wildman–Crippen LogP) is 4.55. The van der Waals surface area contributed by atoms with Crippen molar-refractivity contribution >= 4 is 0 Å². The summed E-state index contributed by atoms with van der Waals surface area (Å²) in [5.74, 6) is -0.144. The Balaban J connectivity index is 2.20. The molecule has 106 valence electrons. The summed E-state index contributed by atoms with van der Waals surface area (Å²) in [5, 5.41) is 3.29.